The highest BCUT2D eigenvalue weighted by atomic mass is 16.2. The molecule has 0 aliphatic heterocycles. The quantitative estimate of drug-likeness (QED) is 0.375. The fraction of sp³-hybridized carbons (Fsp3) is 0.692. The van der Waals surface area contributed by atoms with Crippen molar-refractivity contribution in [3.8, 4) is 12.3 Å². The van der Waals surface area contributed by atoms with Crippen molar-refractivity contribution in [3.05, 3.63) is 0 Å². The van der Waals surface area contributed by atoms with Crippen molar-refractivity contribution in [2.75, 3.05) is 13.1 Å². The summed E-state index contributed by atoms with van der Waals surface area (Å²) in [5, 5.41) is 0. The number of carbonyl (C=O) groups excluding carboxylic acids is 2. The van der Waals surface area contributed by atoms with E-state index >= 15 is 0 Å². The monoisotopic (exact) mass is 223 g/mol. The van der Waals surface area contributed by atoms with Gasteiger partial charge in [-0.2, -0.15) is 0 Å². The highest BCUT2D eigenvalue weighted by molar-refractivity contribution is 6.00. The van der Waals surface area contributed by atoms with E-state index in [-0.39, 0.29) is 11.7 Å². The van der Waals surface area contributed by atoms with Gasteiger partial charge in [0.1, 0.15) is 5.78 Å². The number of Topliss-reactive ketones (excluding diaryl/α,β-unsaturated/α-hetero) is 1. The van der Waals surface area contributed by atoms with Crippen molar-refractivity contribution in [3.63, 3.8) is 0 Å². The van der Waals surface area contributed by atoms with Gasteiger partial charge in [0, 0.05) is 19.5 Å². The molecule has 0 saturated heterocycles. The van der Waals surface area contributed by atoms with Crippen LogP contribution < -0.4 is 0 Å². The summed E-state index contributed by atoms with van der Waals surface area (Å²) in [6, 6.07) is 0. The van der Waals surface area contributed by atoms with E-state index in [1.165, 1.54) is 6.92 Å². The number of amides is 1. The summed E-state index contributed by atoms with van der Waals surface area (Å²) < 4.78 is 0. The molecule has 3 heteroatoms. The fourth-order valence-corrected chi connectivity index (χ4v) is 1.66. The Hall–Kier alpha value is -1.30. The van der Waals surface area contributed by atoms with E-state index in [1.807, 2.05) is 13.8 Å². The fourth-order valence-electron chi connectivity index (χ4n) is 1.66. The molecule has 0 N–H and O–H groups in total. The van der Waals surface area contributed by atoms with Crippen LogP contribution in [0.2, 0.25) is 0 Å². The maximum atomic E-state index is 12.0. The zero-order valence-electron chi connectivity index (χ0n) is 10.5. The van der Waals surface area contributed by atoms with Crippen LogP contribution in [0.5, 0.6) is 0 Å². The van der Waals surface area contributed by atoms with Crippen molar-refractivity contribution < 1.29 is 9.59 Å². The van der Waals surface area contributed by atoms with Crippen molar-refractivity contribution in [2.45, 2.75) is 40.0 Å². The van der Waals surface area contributed by atoms with Crippen LogP contribution in [0.15, 0.2) is 0 Å². The van der Waals surface area contributed by atoms with Gasteiger partial charge in [0.25, 0.3) is 0 Å². The van der Waals surface area contributed by atoms with Gasteiger partial charge in [0.05, 0.1) is 5.92 Å². The lowest BCUT2D eigenvalue weighted by molar-refractivity contribution is -0.140. The number of hydrogen-bond acceptors (Lipinski definition) is 2. The molecule has 0 aliphatic carbocycles. The minimum absolute atomic E-state index is 0.0606. The van der Waals surface area contributed by atoms with Crippen LogP contribution in [0.1, 0.15) is 40.0 Å². The van der Waals surface area contributed by atoms with Crippen LogP contribution in [0.4, 0.5) is 0 Å². The Labute approximate surface area is 98.2 Å². The molecule has 0 rings (SSSR count). The van der Waals surface area contributed by atoms with Crippen LogP contribution in [0.25, 0.3) is 0 Å². The van der Waals surface area contributed by atoms with E-state index in [0.29, 0.717) is 25.9 Å². The molecule has 0 spiro atoms. The lowest BCUT2D eigenvalue weighted by Gasteiger charge is -2.23. The zero-order valence-corrected chi connectivity index (χ0v) is 10.5. The average molecular weight is 223 g/mol. The molecular formula is C13H21NO2. The van der Waals surface area contributed by atoms with Gasteiger partial charge < -0.3 is 4.90 Å². The van der Waals surface area contributed by atoms with E-state index in [0.717, 1.165) is 6.42 Å². The van der Waals surface area contributed by atoms with Gasteiger partial charge in [-0.05, 0) is 33.6 Å². The topological polar surface area (TPSA) is 37.4 Å². The maximum absolute atomic E-state index is 12.0. The molecule has 16 heavy (non-hydrogen) atoms. The SMILES string of the molecule is C#CCCCC(C(C)=O)C(=O)N(CC)CC. The molecule has 1 unspecified atom stereocenters. The molecule has 0 aromatic rings. The number of hydrogen-bond donors (Lipinski definition) is 0. The molecule has 0 fully saturated rings. The molecule has 1 atom stereocenters. The summed E-state index contributed by atoms with van der Waals surface area (Å²) in [6.07, 6.45) is 7.06. The van der Waals surface area contributed by atoms with Crippen LogP contribution in [-0.4, -0.2) is 29.7 Å². The smallest absolute Gasteiger partial charge is 0.233 e. The number of ketones is 1. The molecule has 0 heterocycles. The third kappa shape index (κ3) is 4.48. The summed E-state index contributed by atoms with van der Waals surface area (Å²) >= 11 is 0. The lowest BCUT2D eigenvalue weighted by Crippen LogP contribution is -2.38. The Morgan fingerprint density at radius 1 is 1.31 bits per heavy atom. The molecule has 1 amide bonds. The van der Waals surface area contributed by atoms with E-state index in [1.54, 1.807) is 4.90 Å². The molecule has 0 aromatic carbocycles. The molecule has 0 bridgehead atoms. The highest BCUT2D eigenvalue weighted by Gasteiger charge is 2.25. The van der Waals surface area contributed by atoms with E-state index in [4.69, 9.17) is 6.42 Å². The predicted molar refractivity (Wildman–Crippen MR) is 64.8 cm³/mol. The van der Waals surface area contributed by atoms with Gasteiger partial charge in [0.2, 0.25) is 5.91 Å². The summed E-state index contributed by atoms with van der Waals surface area (Å²) in [4.78, 5) is 25.1. The average Bonchev–Trinajstić information content (AvgIpc) is 2.25. The normalized spacial score (nSPS) is 11.6. The number of nitrogens with zero attached hydrogens (tertiary/aromatic N) is 1. The Bertz CT molecular complexity index is 274. The first-order valence-electron chi connectivity index (χ1n) is 5.81. The zero-order chi connectivity index (χ0) is 12.6. The predicted octanol–water partition coefficient (Wildman–Crippen LogP) is 1.86. The molecule has 0 radical (unpaired) electrons. The van der Waals surface area contributed by atoms with Crippen molar-refractivity contribution in [1.82, 2.24) is 4.90 Å². The van der Waals surface area contributed by atoms with Gasteiger partial charge in [0.15, 0.2) is 0 Å². The summed E-state index contributed by atoms with van der Waals surface area (Å²) in [5.74, 6) is 1.89. The second-order valence-electron chi connectivity index (χ2n) is 3.77. The third-order valence-corrected chi connectivity index (χ3v) is 2.68. The van der Waals surface area contributed by atoms with Crippen LogP contribution in [0, 0.1) is 18.3 Å². The largest absolute Gasteiger partial charge is 0.343 e. The number of rotatable bonds is 7. The summed E-state index contributed by atoms with van der Waals surface area (Å²) in [6.45, 7) is 6.60. The van der Waals surface area contributed by atoms with E-state index in [9.17, 15) is 9.59 Å². The van der Waals surface area contributed by atoms with Gasteiger partial charge >= 0.3 is 0 Å². The Morgan fingerprint density at radius 2 is 1.88 bits per heavy atom. The molecule has 0 aliphatic rings. The second-order valence-corrected chi connectivity index (χ2v) is 3.77. The number of terminal acetylenes is 1. The van der Waals surface area contributed by atoms with Gasteiger partial charge in [-0.1, -0.05) is 0 Å². The summed E-state index contributed by atoms with van der Waals surface area (Å²) in [7, 11) is 0. The number of carbonyl (C=O) groups is 2. The molecule has 3 nitrogen and oxygen atoms in total. The standard InChI is InChI=1S/C13H21NO2/c1-5-8-9-10-12(11(4)15)13(16)14(6-2)7-3/h1,12H,6-10H2,2-4H3. The highest BCUT2D eigenvalue weighted by Crippen LogP contribution is 2.13. The van der Waals surface area contributed by atoms with Crippen LogP contribution in [0.3, 0.4) is 0 Å². The van der Waals surface area contributed by atoms with Crippen molar-refractivity contribution in [1.29, 1.82) is 0 Å². The molecule has 90 valence electrons. The van der Waals surface area contributed by atoms with Crippen LogP contribution >= 0.6 is 0 Å². The molecule has 0 saturated carbocycles. The third-order valence-electron chi connectivity index (χ3n) is 2.68. The van der Waals surface area contributed by atoms with Gasteiger partial charge in [-0.15, -0.1) is 12.3 Å². The van der Waals surface area contributed by atoms with Crippen LogP contribution in [-0.2, 0) is 9.59 Å². The Morgan fingerprint density at radius 3 is 2.25 bits per heavy atom. The first-order chi connectivity index (χ1) is 7.58. The minimum atomic E-state index is -0.506. The van der Waals surface area contributed by atoms with Gasteiger partial charge in [-0.3, -0.25) is 9.59 Å². The minimum Gasteiger partial charge on any atom is -0.343 e. The second kappa shape index (κ2) is 7.92. The van der Waals surface area contributed by atoms with E-state index in [2.05, 4.69) is 5.92 Å². The maximum Gasteiger partial charge on any atom is 0.233 e. The Kier molecular flexibility index (Phi) is 7.28. The summed E-state index contributed by atoms with van der Waals surface area (Å²) in [5.41, 5.74) is 0. The lowest BCUT2D eigenvalue weighted by atomic mass is 9.96. The van der Waals surface area contributed by atoms with Crippen molar-refractivity contribution >= 4 is 11.7 Å². The molecular weight excluding hydrogens is 202 g/mol. The van der Waals surface area contributed by atoms with Gasteiger partial charge in [-0.25, -0.2) is 0 Å². The Balaban J connectivity index is 4.47. The molecule has 0 aromatic heterocycles. The first-order valence-corrected chi connectivity index (χ1v) is 5.81. The first kappa shape index (κ1) is 14.7. The van der Waals surface area contributed by atoms with E-state index < -0.39 is 5.92 Å². The van der Waals surface area contributed by atoms with Crippen molar-refractivity contribution in [2.24, 2.45) is 5.92 Å². The number of unbranched alkanes of at least 4 members (excludes halogenated alkanes) is 1.